The zero-order valence-corrected chi connectivity index (χ0v) is 14.2. The lowest BCUT2D eigenvalue weighted by atomic mass is 10.1. The number of nitrogens with one attached hydrogen (secondary N) is 1. The summed E-state index contributed by atoms with van der Waals surface area (Å²) in [5.74, 6) is 0. The van der Waals surface area contributed by atoms with Crippen molar-refractivity contribution >= 4 is 12.2 Å². The summed E-state index contributed by atoms with van der Waals surface area (Å²) in [5, 5.41) is 3.36. The minimum atomic E-state index is -0.318. The monoisotopic (exact) mass is 307 g/mol. The summed E-state index contributed by atoms with van der Waals surface area (Å²) in [6.07, 6.45) is 0. The minimum Gasteiger partial charge on any atom is -0.462 e. The third kappa shape index (κ3) is 7.43. The summed E-state index contributed by atoms with van der Waals surface area (Å²) >= 11 is 0. The molecule has 1 aromatic rings. The van der Waals surface area contributed by atoms with E-state index in [9.17, 15) is 4.79 Å². The molecule has 5 heteroatoms. The largest absolute Gasteiger partial charge is 0.462 e. The molecule has 0 radical (unpaired) electrons. The van der Waals surface area contributed by atoms with Crippen LogP contribution >= 0.6 is 0 Å². The molecular formula is C17H29N3O2. The Morgan fingerprint density at radius 1 is 1.32 bits per heavy atom. The second kappa shape index (κ2) is 8.76. The van der Waals surface area contributed by atoms with E-state index in [1.54, 1.807) is 0 Å². The molecule has 1 aliphatic heterocycles. The van der Waals surface area contributed by atoms with E-state index in [-0.39, 0.29) is 5.60 Å². The number of carbonyl (C=O) groups excluding carboxylic acids is 1. The summed E-state index contributed by atoms with van der Waals surface area (Å²) in [5.41, 5.74) is 9.04. The fourth-order valence-electron chi connectivity index (χ4n) is 2.12. The highest BCUT2D eigenvalue weighted by atomic mass is 16.5. The third-order valence-corrected chi connectivity index (χ3v) is 3.38. The molecule has 0 aromatic heterocycles. The molecule has 0 unspecified atom stereocenters. The zero-order valence-electron chi connectivity index (χ0n) is 14.2. The van der Waals surface area contributed by atoms with Gasteiger partial charge in [-0.05, 0) is 51.0 Å². The quantitative estimate of drug-likeness (QED) is 0.660. The Bertz CT molecular complexity index is 463. The fourth-order valence-corrected chi connectivity index (χ4v) is 2.12. The van der Waals surface area contributed by atoms with E-state index in [4.69, 9.17) is 5.73 Å². The molecule has 0 amide bonds. The summed E-state index contributed by atoms with van der Waals surface area (Å²) in [6, 6.07) is 6.17. The fraction of sp³-hybridized carbons (Fsp3) is 0.588. The topological polar surface area (TPSA) is 67.6 Å². The zero-order chi connectivity index (χ0) is 16.6. The average molecular weight is 307 g/mol. The molecule has 2 rings (SSSR count). The van der Waals surface area contributed by atoms with Crippen LogP contribution in [0, 0.1) is 6.92 Å². The predicted molar refractivity (Wildman–Crippen MR) is 90.6 cm³/mol. The van der Waals surface area contributed by atoms with Gasteiger partial charge in [0, 0.05) is 38.4 Å². The van der Waals surface area contributed by atoms with E-state index >= 15 is 0 Å². The van der Waals surface area contributed by atoms with E-state index in [0.717, 1.165) is 38.4 Å². The van der Waals surface area contributed by atoms with Crippen molar-refractivity contribution in [2.75, 3.05) is 31.9 Å². The Morgan fingerprint density at radius 2 is 1.95 bits per heavy atom. The van der Waals surface area contributed by atoms with Crippen LogP contribution in [0.3, 0.4) is 0 Å². The second-order valence-corrected chi connectivity index (χ2v) is 6.54. The Labute approximate surface area is 133 Å². The van der Waals surface area contributed by atoms with E-state index in [2.05, 4.69) is 34.0 Å². The first-order valence-electron chi connectivity index (χ1n) is 7.71. The normalized spacial score (nSPS) is 15.6. The molecule has 1 heterocycles. The van der Waals surface area contributed by atoms with Crippen LogP contribution in [-0.4, -0.2) is 43.2 Å². The van der Waals surface area contributed by atoms with Gasteiger partial charge in [-0.3, -0.25) is 9.69 Å². The molecule has 1 saturated heterocycles. The lowest BCUT2D eigenvalue weighted by Gasteiger charge is -2.27. The number of piperazine rings is 1. The van der Waals surface area contributed by atoms with Gasteiger partial charge in [0.1, 0.15) is 5.60 Å². The number of hydrogen-bond acceptors (Lipinski definition) is 5. The molecular weight excluding hydrogens is 278 g/mol. The van der Waals surface area contributed by atoms with Gasteiger partial charge in [0.15, 0.2) is 0 Å². The standard InChI is InChI=1S/C12H19N3.C5H10O2/c1-10-2-3-12(13)8-11(10)9-15-6-4-14-5-7-15;1-5(2,3)7-4-6/h2-3,8,14H,4-7,9,13H2,1H3;4H,1-3H3. The molecule has 0 aliphatic carbocycles. The number of rotatable bonds is 3. The maximum atomic E-state index is 9.60. The summed E-state index contributed by atoms with van der Waals surface area (Å²) in [7, 11) is 0. The van der Waals surface area contributed by atoms with Crippen molar-refractivity contribution in [3.8, 4) is 0 Å². The Kier molecular flexibility index (Phi) is 7.35. The molecule has 3 N–H and O–H groups in total. The van der Waals surface area contributed by atoms with Gasteiger partial charge in [-0.15, -0.1) is 0 Å². The van der Waals surface area contributed by atoms with E-state index in [1.807, 2.05) is 26.8 Å². The van der Waals surface area contributed by atoms with Crippen molar-refractivity contribution in [1.82, 2.24) is 10.2 Å². The predicted octanol–water partition coefficient (Wildman–Crippen LogP) is 1.94. The van der Waals surface area contributed by atoms with Gasteiger partial charge in [0.25, 0.3) is 6.47 Å². The first-order chi connectivity index (χ1) is 10.3. The molecule has 0 spiro atoms. The van der Waals surface area contributed by atoms with Crippen molar-refractivity contribution in [3.05, 3.63) is 29.3 Å². The second-order valence-electron chi connectivity index (χ2n) is 6.54. The smallest absolute Gasteiger partial charge is 0.293 e. The van der Waals surface area contributed by atoms with Gasteiger partial charge in [0.2, 0.25) is 0 Å². The van der Waals surface area contributed by atoms with Crippen LogP contribution in [0.25, 0.3) is 0 Å². The van der Waals surface area contributed by atoms with Gasteiger partial charge >= 0.3 is 0 Å². The van der Waals surface area contributed by atoms with E-state index in [0.29, 0.717) is 6.47 Å². The van der Waals surface area contributed by atoms with Crippen LogP contribution in [0.15, 0.2) is 18.2 Å². The summed E-state index contributed by atoms with van der Waals surface area (Å²) in [4.78, 5) is 12.1. The molecule has 1 fully saturated rings. The lowest BCUT2D eigenvalue weighted by Crippen LogP contribution is -2.43. The van der Waals surface area contributed by atoms with Crippen molar-refractivity contribution in [2.24, 2.45) is 0 Å². The highest BCUT2D eigenvalue weighted by Gasteiger charge is 2.11. The van der Waals surface area contributed by atoms with Crippen molar-refractivity contribution in [2.45, 2.75) is 39.8 Å². The van der Waals surface area contributed by atoms with E-state index < -0.39 is 0 Å². The number of nitrogens with two attached hydrogens (primary N) is 1. The number of aryl methyl sites for hydroxylation is 1. The van der Waals surface area contributed by atoms with Crippen LogP contribution in [0.1, 0.15) is 31.9 Å². The first kappa shape index (κ1) is 18.5. The van der Waals surface area contributed by atoms with Crippen LogP contribution in [-0.2, 0) is 16.1 Å². The Morgan fingerprint density at radius 3 is 2.45 bits per heavy atom. The van der Waals surface area contributed by atoms with Crippen LogP contribution in [0.5, 0.6) is 0 Å². The van der Waals surface area contributed by atoms with Gasteiger partial charge in [-0.2, -0.15) is 0 Å². The summed E-state index contributed by atoms with van der Waals surface area (Å²) < 4.78 is 4.55. The van der Waals surface area contributed by atoms with Gasteiger partial charge in [-0.25, -0.2) is 0 Å². The molecule has 124 valence electrons. The molecule has 5 nitrogen and oxygen atoms in total. The van der Waals surface area contributed by atoms with Crippen molar-refractivity contribution in [1.29, 1.82) is 0 Å². The molecule has 0 saturated carbocycles. The Hall–Kier alpha value is -1.59. The lowest BCUT2D eigenvalue weighted by molar-refractivity contribution is -0.138. The minimum absolute atomic E-state index is 0.318. The number of hydrogen-bond donors (Lipinski definition) is 2. The van der Waals surface area contributed by atoms with Crippen molar-refractivity contribution in [3.63, 3.8) is 0 Å². The van der Waals surface area contributed by atoms with Crippen LogP contribution in [0.4, 0.5) is 5.69 Å². The number of ether oxygens (including phenoxy) is 1. The molecule has 1 aliphatic rings. The number of anilines is 1. The highest BCUT2D eigenvalue weighted by Crippen LogP contribution is 2.15. The van der Waals surface area contributed by atoms with Gasteiger partial charge in [0.05, 0.1) is 0 Å². The number of nitrogens with zero attached hydrogens (tertiary/aromatic N) is 1. The molecule has 0 atom stereocenters. The molecule has 22 heavy (non-hydrogen) atoms. The number of carbonyl (C=O) groups is 1. The summed E-state index contributed by atoms with van der Waals surface area (Å²) in [6.45, 7) is 13.6. The van der Waals surface area contributed by atoms with Crippen LogP contribution in [0.2, 0.25) is 0 Å². The van der Waals surface area contributed by atoms with E-state index in [1.165, 1.54) is 11.1 Å². The van der Waals surface area contributed by atoms with Gasteiger partial charge < -0.3 is 15.8 Å². The van der Waals surface area contributed by atoms with Gasteiger partial charge in [-0.1, -0.05) is 6.07 Å². The maximum Gasteiger partial charge on any atom is 0.293 e. The number of benzene rings is 1. The third-order valence-electron chi connectivity index (χ3n) is 3.38. The SMILES string of the molecule is CC(C)(C)OC=O.Cc1ccc(N)cc1CN1CCNCC1. The van der Waals surface area contributed by atoms with Crippen LogP contribution < -0.4 is 11.1 Å². The Balaban J connectivity index is 0.000000295. The maximum absolute atomic E-state index is 9.60. The molecule has 1 aromatic carbocycles. The first-order valence-corrected chi connectivity index (χ1v) is 7.71. The van der Waals surface area contributed by atoms with Crippen molar-refractivity contribution < 1.29 is 9.53 Å². The highest BCUT2D eigenvalue weighted by molar-refractivity contribution is 5.44. The average Bonchev–Trinajstić information content (AvgIpc) is 2.43. The number of nitrogen functional groups attached to an aromatic ring is 1. The molecule has 0 bridgehead atoms.